The van der Waals surface area contributed by atoms with Gasteiger partial charge in [0.25, 0.3) is 0 Å². The highest BCUT2D eigenvalue weighted by molar-refractivity contribution is 5.85. The Balaban J connectivity index is 2.39. The van der Waals surface area contributed by atoms with Crippen LogP contribution in [0, 0.1) is 17.3 Å². The van der Waals surface area contributed by atoms with E-state index in [1.807, 2.05) is 6.92 Å². The van der Waals surface area contributed by atoms with Crippen LogP contribution in [0.15, 0.2) is 12.7 Å². The SMILES string of the molecule is C=C[C@]1(C)COC(=O)[C@@]12OCO[C@@H]2CC#CC. The number of carbonyl (C=O) groups is 1. The molecule has 4 heteroatoms. The Bertz CT molecular complexity index is 405. The molecule has 0 aliphatic carbocycles. The highest BCUT2D eigenvalue weighted by Crippen LogP contribution is 2.49. The average Bonchev–Trinajstić information content (AvgIpc) is 2.87. The van der Waals surface area contributed by atoms with Gasteiger partial charge in [0.05, 0.1) is 5.41 Å². The van der Waals surface area contributed by atoms with Crippen LogP contribution in [0.4, 0.5) is 0 Å². The highest BCUT2D eigenvalue weighted by atomic mass is 16.7. The van der Waals surface area contributed by atoms with Crippen LogP contribution in [0.3, 0.4) is 0 Å². The van der Waals surface area contributed by atoms with Gasteiger partial charge in [-0.05, 0) is 13.8 Å². The van der Waals surface area contributed by atoms with Gasteiger partial charge in [-0.15, -0.1) is 18.4 Å². The average molecular weight is 236 g/mol. The summed E-state index contributed by atoms with van der Waals surface area (Å²) in [7, 11) is 0. The summed E-state index contributed by atoms with van der Waals surface area (Å²) < 4.78 is 16.2. The molecule has 3 atom stereocenters. The molecule has 4 nitrogen and oxygen atoms in total. The van der Waals surface area contributed by atoms with Gasteiger partial charge in [0.2, 0.25) is 5.60 Å². The maximum absolute atomic E-state index is 12.0. The molecular weight excluding hydrogens is 220 g/mol. The fourth-order valence-electron chi connectivity index (χ4n) is 2.41. The van der Waals surface area contributed by atoms with E-state index < -0.39 is 17.1 Å². The molecule has 2 saturated heterocycles. The molecule has 0 amide bonds. The third-order valence-electron chi connectivity index (χ3n) is 3.58. The van der Waals surface area contributed by atoms with Crippen molar-refractivity contribution in [3.63, 3.8) is 0 Å². The Kier molecular flexibility index (Phi) is 2.98. The lowest BCUT2D eigenvalue weighted by molar-refractivity contribution is -0.158. The third-order valence-corrected chi connectivity index (χ3v) is 3.58. The van der Waals surface area contributed by atoms with Gasteiger partial charge in [-0.3, -0.25) is 0 Å². The molecule has 0 aromatic rings. The molecule has 2 rings (SSSR count). The van der Waals surface area contributed by atoms with E-state index in [9.17, 15) is 4.79 Å². The van der Waals surface area contributed by atoms with Crippen molar-refractivity contribution in [1.82, 2.24) is 0 Å². The second-order valence-electron chi connectivity index (χ2n) is 4.48. The van der Waals surface area contributed by atoms with Gasteiger partial charge in [0.1, 0.15) is 19.5 Å². The van der Waals surface area contributed by atoms with Gasteiger partial charge in [-0.1, -0.05) is 6.08 Å². The first-order chi connectivity index (χ1) is 8.10. The van der Waals surface area contributed by atoms with Crippen LogP contribution in [0.2, 0.25) is 0 Å². The molecule has 2 fully saturated rings. The Hall–Kier alpha value is -1.31. The van der Waals surface area contributed by atoms with Crippen LogP contribution in [0.1, 0.15) is 20.3 Å². The van der Waals surface area contributed by atoms with Crippen molar-refractivity contribution >= 4 is 5.97 Å². The van der Waals surface area contributed by atoms with E-state index in [0.717, 1.165) is 0 Å². The van der Waals surface area contributed by atoms with Gasteiger partial charge in [0.15, 0.2) is 0 Å². The molecule has 2 heterocycles. The predicted octanol–water partition coefficient (Wildman–Crippen LogP) is 1.26. The monoisotopic (exact) mass is 236 g/mol. The topological polar surface area (TPSA) is 44.8 Å². The minimum Gasteiger partial charge on any atom is -0.462 e. The second kappa shape index (κ2) is 4.17. The van der Waals surface area contributed by atoms with Gasteiger partial charge in [-0.25, -0.2) is 4.79 Å². The first-order valence-corrected chi connectivity index (χ1v) is 5.57. The summed E-state index contributed by atoms with van der Waals surface area (Å²) >= 11 is 0. The first kappa shape index (κ1) is 12.2. The molecule has 0 saturated carbocycles. The van der Waals surface area contributed by atoms with Crippen LogP contribution in [0.5, 0.6) is 0 Å². The van der Waals surface area contributed by atoms with Crippen LogP contribution < -0.4 is 0 Å². The van der Waals surface area contributed by atoms with Gasteiger partial charge < -0.3 is 14.2 Å². The Morgan fingerprint density at radius 3 is 3.06 bits per heavy atom. The molecule has 0 bridgehead atoms. The summed E-state index contributed by atoms with van der Waals surface area (Å²) in [5.74, 6) is 5.35. The molecule has 0 aromatic heterocycles. The van der Waals surface area contributed by atoms with Gasteiger partial charge in [0, 0.05) is 6.42 Å². The van der Waals surface area contributed by atoms with E-state index >= 15 is 0 Å². The predicted molar refractivity (Wildman–Crippen MR) is 60.9 cm³/mol. The number of hydrogen-bond acceptors (Lipinski definition) is 4. The Labute approximate surface area is 101 Å². The number of cyclic esters (lactones) is 1. The number of carbonyl (C=O) groups excluding carboxylic acids is 1. The normalized spacial score (nSPS) is 39.9. The molecule has 1 spiro atoms. The fraction of sp³-hybridized carbons (Fsp3) is 0.615. The van der Waals surface area contributed by atoms with Crippen molar-refractivity contribution < 1.29 is 19.0 Å². The second-order valence-corrected chi connectivity index (χ2v) is 4.48. The van der Waals surface area contributed by atoms with Gasteiger partial charge in [-0.2, -0.15) is 0 Å². The number of hydrogen-bond donors (Lipinski definition) is 0. The van der Waals surface area contributed by atoms with E-state index in [0.29, 0.717) is 6.42 Å². The third kappa shape index (κ3) is 1.50. The van der Waals surface area contributed by atoms with E-state index in [-0.39, 0.29) is 19.4 Å². The largest absolute Gasteiger partial charge is 0.462 e. The van der Waals surface area contributed by atoms with Crippen molar-refractivity contribution in [2.45, 2.75) is 32.0 Å². The van der Waals surface area contributed by atoms with Crippen molar-refractivity contribution in [1.29, 1.82) is 0 Å². The molecule has 2 aliphatic rings. The summed E-state index contributed by atoms with van der Waals surface area (Å²) in [5, 5.41) is 0. The molecule has 0 N–H and O–H groups in total. The first-order valence-electron chi connectivity index (χ1n) is 5.57. The van der Waals surface area contributed by atoms with Crippen molar-refractivity contribution in [2.24, 2.45) is 5.41 Å². The lowest BCUT2D eigenvalue weighted by Gasteiger charge is -2.34. The summed E-state index contributed by atoms with van der Waals surface area (Å²) in [6.07, 6.45) is 1.77. The molecule has 17 heavy (non-hydrogen) atoms. The Morgan fingerprint density at radius 1 is 1.65 bits per heavy atom. The van der Waals surface area contributed by atoms with E-state index in [1.54, 1.807) is 13.0 Å². The van der Waals surface area contributed by atoms with E-state index in [2.05, 4.69) is 18.4 Å². The van der Waals surface area contributed by atoms with E-state index in [1.165, 1.54) is 0 Å². The zero-order valence-electron chi connectivity index (χ0n) is 10.1. The minimum absolute atomic E-state index is 0.0919. The zero-order valence-corrected chi connectivity index (χ0v) is 10.1. The maximum Gasteiger partial charge on any atom is 0.342 e. The Morgan fingerprint density at radius 2 is 2.41 bits per heavy atom. The number of esters is 1. The molecule has 2 aliphatic heterocycles. The number of rotatable bonds is 2. The quantitative estimate of drug-likeness (QED) is 0.411. The van der Waals surface area contributed by atoms with Crippen molar-refractivity contribution in [2.75, 3.05) is 13.4 Å². The lowest BCUT2D eigenvalue weighted by Crippen LogP contribution is -2.54. The summed E-state index contributed by atoms with van der Waals surface area (Å²) in [5.41, 5.74) is -1.65. The zero-order chi connectivity index (χ0) is 12.5. The molecular formula is C13H16O4. The fourth-order valence-corrected chi connectivity index (χ4v) is 2.41. The maximum atomic E-state index is 12.0. The summed E-state index contributed by atoms with van der Waals surface area (Å²) in [4.78, 5) is 12.0. The number of ether oxygens (including phenoxy) is 3. The molecule has 0 aromatic carbocycles. The van der Waals surface area contributed by atoms with Crippen molar-refractivity contribution in [3.8, 4) is 11.8 Å². The van der Waals surface area contributed by atoms with Crippen LogP contribution in [-0.4, -0.2) is 31.1 Å². The smallest absolute Gasteiger partial charge is 0.342 e. The van der Waals surface area contributed by atoms with Crippen LogP contribution in [-0.2, 0) is 19.0 Å². The highest BCUT2D eigenvalue weighted by Gasteiger charge is 2.67. The minimum atomic E-state index is -1.08. The summed E-state index contributed by atoms with van der Waals surface area (Å²) in [6, 6.07) is 0. The van der Waals surface area contributed by atoms with Crippen molar-refractivity contribution in [3.05, 3.63) is 12.7 Å². The lowest BCUT2D eigenvalue weighted by atomic mass is 9.71. The molecule has 92 valence electrons. The standard InChI is InChI=1S/C13H16O4/c1-4-6-7-10-13(17-9-16-10)11(14)15-8-12(13,3)5-2/h5,10H,2,7-9H2,1,3H3/t10-,12-,13-/m1/s1. The van der Waals surface area contributed by atoms with Crippen LogP contribution >= 0.6 is 0 Å². The van der Waals surface area contributed by atoms with E-state index in [4.69, 9.17) is 14.2 Å². The summed E-state index contributed by atoms with van der Waals surface area (Å²) in [6.45, 7) is 7.79. The van der Waals surface area contributed by atoms with Crippen LogP contribution in [0.25, 0.3) is 0 Å². The molecule has 0 unspecified atom stereocenters. The van der Waals surface area contributed by atoms with Gasteiger partial charge >= 0.3 is 5.97 Å². The molecule has 0 radical (unpaired) electrons.